The van der Waals surface area contributed by atoms with Crippen molar-refractivity contribution < 1.29 is 5.11 Å². The summed E-state index contributed by atoms with van der Waals surface area (Å²) in [5, 5.41) is 8.65. The number of hydrogen-bond donors (Lipinski definition) is 1. The van der Waals surface area contributed by atoms with Gasteiger partial charge in [0.2, 0.25) is 0 Å². The molecular weight excluding hydrogens is 160 g/mol. The molecule has 0 aliphatic carbocycles. The minimum absolute atomic E-state index is 0.347. The zero-order valence-electron chi connectivity index (χ0n) is 9.13. The molecule has 1 N–H and O–H groups in total. The Hall–Kier alpha value is -0.300. The average molecular weight is 184 g/mol. The molecule has 1 unspecified atom stereocenters. The maximum Gasteiger partial charge on any atom is 0.0431 e. The van der Waals surface area contributed by atoms with Crippen molar-refractivity contribution in [3.8, 4) is 0 Å². The highest BCUT2D eigenvalue weighted by Gasteiger charge is 1.99. The van der Waals surface area contributed by atoms with Crippen molar-refractivity contribution in [2.24, 2.45) is 5.92 Å². The maximum absolute atomic E-state index is 8.65. The second-order valence-corrected chi connectivity index (χ2v) is 3.78. The Labute approximate surface area is 82.9 Å². The van der Waals surface area contributed by atoms with Crippen LogP contribution in [0.5, 0.6) is 0 Å². The molecular formula is C12H24O. The van der Waals surface area contributed by atoms with Gasteiger partial charge in [-0.25, -0.2) is 0 Å². The summed E-state index contributed by atoms with van der Waals surface area (Å²) in [5.41, 5.74) is 0. The Kier molecular flexibility index (Phi) is 9.56. The molecule has 0 aliphatic rings. The quantitative estimate of drug-likeness (QED) is 0.452. The highest BCUT2D eigenvalue weighted by molar-refractivity contribution is 4.79. The van der Waals surface area contributed by atoms with E-state index in [1.165, 1.54) is 25.7 Å². The largest absolute Gasteiger partial charge is 0.396 e. The van der Waals surface area contributed by atoms with Crippen LogP contribution in [0.2, 0.25) is 0 Å². The van der Waals surface area contributed by atoms with Crippen LogP contribution in [-0.4, -0.2) is 11.7 Å². The second-order valence-electron chi connectivity index (χ2n) is 3.78. The average Bonchev–Trinajstić information content (AvgIpc) is 2.14. The third-order valence-corrected chi connectivity index (χ3v) is 2.33. The van der Waals surface area contributed by atoms with Gasteiger partial charge in [-0.05, 0) is 38.0 Å². The molecule has 0 saturated carbocycles. The van der Waals surface area contributed by atoms with Gasteiger partial charge in [0.25, 0.3) is 0 Å². The van der Waals surface area contributed by atoms with E-state index in [-0.39, 0.29) is 0 Å². The lowest BCUT2D eigenvalue weighted by atomic mass is 9.99. The fourth-order valence-electron chi connectivity index (χ4n) is 1.45. The summed E-state index contributed by atoms with van der Waals surface area (Å²) in [4.78, 5) is 0. The Morgan fingerprint density at radius 2 is 1.85 bits per heavy atom. The normalized spacial score (nSPS) is 13.8. The molecule has 0 aromatic rings. The number of allylic oxidation sites excluding steroid dienone is 2. The molecule has 0 aliphatic heterocycles. The number of hydrogen-bond acceptors (Lipinski definition) is 1. The highest BCUT2D eigenvalue weighted by Crippen LogP contribution is 2.13. The molecule has 0 fully saturated rings. The summed E-state index contributed by atoms with van der Waals surface area (Å²) in [6.07, 6.45) is 11.6. The molecule has 0 radical (unpaired) electrons. The first-order valence-corrected chi connectivity index (χ1v) is 5.57. The van der Waals surface area contributed by atoms with Crippen LogP contribution >= 0.6 is 0 Å². The van der Waals surface area contributed by atoms with Crippen molar-refractivity contribution in [2.45, 2.75) is 52.4 Å². The van der Waals surface area contributed by atoms with E-state index in [0.29, 0.717) is 6.61 Å². The number of rotatable bonds is 8. The highest BCUT2D eigenvalue weighted by atomic mass is 16.2. The summed E-state index contributed by atoms with van der Waals surface area (Å²) >= 11 is 0. The Morgan fingerprint density at radius 3 is 2.46 bits per heavy atom. The standard InChI is InChI=1S/C12H24O/c1-3-4-5-6-7-9-12(2)10-8-11-13/h4-5,12-13H,3,6-11H2,1-2H3. The first-order chi connectivity index (χ1) is 6.31. The molecule has 0 aromatic carbocycles. The van der Waals surface area contributed by atoms with Gasteiger partial charge >= 0.3 is 0 Å². The van der Waals surface area contributed by atoms with Gasteiger partial charge in [-0.15, -0.1) is 0 Å². The molecule has 13 heavy (non-hydrogen) atoms. The Balaban J connectivity index is 3.16. The van der Waals surface area contributed by atoms with Crippen LogP contribution in [-0.2, 0) is 0 Å². The van der Waals surface area contributed by atoms with Gasteiger partial charge in [0, 0.05) is 6.61 Å². The number of aliphatic hydroxyl groups is 1. The van der Waals surface area contributed by atoms with Gasteiger partial charge in [0.1, 0.15) is 0 Å². The fraction of sp³-hybridized carbons (Fsp3) is 0.833. The minimum atomic E-state index is 0.347. The van der Waals surface area contributed by atoms with Crippen molar-refractivity contribution in [1.29, 1.82) is 0 Å². The number of aliphatic hydroxyl groups excluding tert-OH is 1. The van der Waals surface area contributed by atoms with Crippen LogP contribution in [0.1, 0.15) is 52.4 Å². The van der Waals surface area contributed by atoms with Gasteiger partial charge in [-0.1, -0.05) is 32.4 Å². The monoisotopic (exact) mass is 184 g/mol. The lowest BCUT2D eigenvalue weighted by molar-refractivity contribution is 0.271. The predicted octanol–water partition coefficient (Wildman–Crippen LogP) is 3.53. The van der Waals surface area contributed by atoms with E-state index in [9.17, 15) is 0 Å². The van der Waals surface area contributed by atoms with Gasteiger partial charge in [-0.3, -0.25) is 0 Å². The van der Waals surface area contributed by atoms with Gasteiger partial charge in [-0.2, -0.15) is 0 Å². The molecule has 0 heterocycles. The third kappa shape index (κ3) is 9.62. The zero-order valence-corrected chi connectivity index (χ0v) is 9.13. The van der Waals surface area contributed by atoms with E-state index in [1.807, 2.05) is 0 Å². The van der Waals surface area contributed by atoms with E-state index >= 15 is 0 Å². The second kappa shape index (κ2) is 9.79. The molecule has 0 saturated heterocycles. The van der Waals surface area contributed by atoms with Gasteiger partial charge < -0.3 is 5.11 Å². The van der Waals surface area contributed by atoms with Crippen molar-refractivity contribution in [3.63, 3.8) is 0 Å². The molecule has 1 atom stereocenters. The molecule has 1 nitrogen and oxygen atoms in total. The third-order valence-electron chi connectivity index (χ3n) is 2.33. The number of unbranched alkanes of at least 4 members (excludes halogenated alkanes) is 1. The van der Waals surface area contributed by atoms with Crippen LogP contribution in [0, 0.1) is 5.92 Å². The van der Waals surface area contributed by atoms with Crippen LogP contribution in [0.25, 0.3) is 0 Å². The van der Waals surface area contributed by atoms with Gasteiger partial charge in [0.05, 0.1) is 0 Å². The zero-order chi connectivity index (χ0) is 9.94. The topological polar surface area (TPSA) is 20.2 Å². The van der Waals surface area contributed by atoms with E-state index in [1.54, 1.807) is 0 Å². The fourth-order valence-corrected chi connectivity index (χ4v) is 1.45. The summed E-state index contributed by atoms with van der Waals surface area (Å²) in [6, 6.07) is 0. The van der Waals surface area contributed by atoms with Crippen molar-refractivity contribution in [2.75, 3.05) is 6.61 Å². The van der Waals surface area contributed by atoms with Crippen LogP contribution in [0.15, 0.2) is 12.2 Å². The van der Waals surface area contributed by atoms with E-state index in [0.717, 1.165) is 18.8 Å². The van der Waals surface area contributed by atoms with Crippen molar-refractivity contribution in [1.82, 2.24) is 0 Å². The molecule has 0 bridgehead atoms. The lowest BCUT2D eigenvalue weighted by Crippen LogP contribution is -1.96. The first kappa shape index (κ1) is 12.7. The van der Waals surface area contributed by atoms with E-state index in [4.69, 9.17) is 5.11 Å². The van der Waals surface area contributed by atoms with Crippen molar-refractivity contribution in [3.05, 3.63) is 12.2 Å². The summed E-state index contributed by atoms with van der Waals surface area (Å²) < 4.78 is 0. The minimum Gasteiger partial charge on any atom is -0.396 e. The van der Waals surface area contributed by atoms with Crippen LogP contribution < -0.4 is 0 Å². The molecule has 0 amide bonds. The van der Waals surface area contributed by atoms with Crippen LogP contribution in [0.3, 0.4) is 0 Å². The van der Waals surface area contributed by atoms with Crippen molar-refractivity contribution >= 4 is 0 Å². The predicted molar refractivity (Wildman–Crippen MR) is 58.8 cm³/mol. The van der Waals surface area contributed by atoms with E-state index < -0.39 is 0 Å². The smallest absolute Gasteiger partial charge is 0.0431 e. The molecule has 1 heteroatoms. The molecule has 0 rings (SSSR count). The van der Waals surface area contributed by atoms with Crippen LogP contribution in [0.4, 0.5) is 0 Å². The summed E-state index contributed by atoms with van der Waals surface area (Å²) in [5.74, 6) is 0.780. The summed E-state index contributed by atoms with van der Waals surface area (Å²) in [7, 11) is 0. The molecule has 78 valence electrons. The maximum atomic E-state index is 8.65. The SMILES string of the molecule is CCC=CCCCC(C)CCCO. The van der Waals surface area contributed by atoms with E-state index in [2.05, 4.69) is 26.0 Å². The Bertz CT molecular complexity index is 118. The lowest BCUT2D eigenvalue weighted by Gasteiger charge is -2.08. The van der Waals surface area contributed by atoms with Gasteiger partial charge in [0.15, 0.2) is 0 Å². The first-order valence-electron chi connectivity index (χ1n) is 5.57. The molecule has 0 spiro atoms. The summed E-state index contributed by atoms with van der Waals surface area (Å²) in [6.45, 7) is 4.79. The Morgan fingerprint density at radius 1 is 1.15 bits per heavy atom. The molecule has 0 aromatic heterocycles.